The molecule has 6 nitrogen and oxygen atoms in total. The van der Waals surface area contributed by atoms with Gasteiger partial charge >= 0.3 is 5.97 Å². The van der Waals surface area contributed by atoms with E-state index in [0.29, 0.717) is 17.3 Å². The number of aromatic carboxylic acids is 1. The molecule has 1 amide bonds. The Labute approximate surface area is 129 Å². The number of amides is 1. The smallest absolute Gasteiger partial charge is 0.335 e. The quantitative estimate of drug-likeness (QED) is 0.882. The molecule has 0 aliphatic heterocycles. The van der Waals surface area contributed by atoms with Crippen molar-refractivity contribution in [2.24, 2.45) is 0 Å². The molecule has 0 spiro atoms. The van der Waals surface area contributed by atoms with Crippen molar-refractivity contribution in [3.05, 3.63) is 44.9 Å². The van der Waals surface area contributed by atoms with Crippen LogP contribution in [0, 0.1) is 0 Å². The Morgan fingerprint density at radius 2 is 2.19 bits per heavy atom. The number of carboxylic acid groups (broad SMARTS) is 1. The first-order valence-electron chi connectivity index (χ1n) is 5.78. The van der Waals surface area contributed by atoms with E-state index in [-0.39, 0.29) is 16.3 Å². The number of thiazole rings is 1. The van der Waals surface area contributed by atoms with E-state index in [1.807, 2.05) is 0 Å². The predicted octanol–water partition coefficient (Wildman–Crippen LogP) is 2.89. The fourth-order valence-electron chi connectivity index (χ4n) is 1.59. The van der Waals surface area contributed by atoms with E-state index >= 15 is 0 Å². The van der Waals surface area contributed by atoms with Gasteiger partial charge < -0.3 is 15.2 Å². The van der Waals surface area contributed by atoms with E-state index in [1.165, 1.54) is 29.5 Å². The van der Waals surface area contributed by atoms with E-state index in [1.54, 1.807) is 12.5 Å². The summed E-state index contributed by atoms with van der Waals surface area (Å²) < 4.78 is 4.93. The zero-order chi connectivity index (χ0) is 15.4. The van der Waals surface area contributed by atoms with Crippen LogP contribution in [0.25, 0.3) is 0 Å². The maximum absolute atomic E-state index is 12.0. The molecular formula is C13H11ClN2O4S. The third-order valence-electron chi connectivity index (χ3n) is 2.45. The number of ether oxygens (including phenoxy) is 1. The van der Waals surface area contributed by atoms with Crippen LogP contribution >= 0.6 is 22.9 Å². The van der Waals surface area contributed by atoms with Crippen LogP contribution in [0.15, 0.2) is 23.6 Å². The number of hydrogen-bond acceptors (Lipinski definition) is 5. The van der Waals surface area contributed by atoms with Gasteiger partial charge in [0.25, 0.3) is 5.91 Å². The first kappa shape index (κ1) is 15.4. The lowest BCUT2D eigenvalue weighted by Crippen LogP contribution is -2.13. The van der Waals surface area contributed by atoms with Gasteiger partial charge in [-0.25, -0.2) is 9.78 Å². The number of anilines is 1. The molecule has 0 radical (unpaired) electrons. The van der Waals surface area contributed by atoms with Gasteiger partial charge in [0.1, 0.15) is 10.7 Å². The number of nitrogens with one attached hydrogen (secondary N) is 1. The third-order valence-corrected chi connectivity index (χ3v) is 3.50. The zero-order valence-corrected chi connectivity index (χ0v) is 12.5. The molecule has 0 saturated heterocycles. The van der Waals surface area contributed by atoms with Crippen LogP contribution in [0.3, 0.4) is 0 Å². The number of carboxylic acids is 1. The fourth-order valence-corrected chi connectivity index (χ4v) is 2.56. The Bertz CT molecular complexity index is 687. The Kier molecular flexibility index (Phi) is 4.89. The van der Waals surface area contributed by atoms with Crippen LogP contribution in [0.4, 0.5) is 5.69 Å². The SMILES string of the molecule is COCc1nc(C(=O)Nc2cc(Cl)cc(C(=O)O)c2)cs1. The summed E-state index contributed by atoms with van der Waals surface area (Å²) in [7, 11) is 1.54. The molecule has 0 unspecified atom stereocenters. The molecule has 0 aliphatic rings. The van der Waals surface area contributed by atoms with E-state index in [9.17, 15) is 9.59 Å². The van der Waals surface area contributed by atoms with Gasteiger partial charge in [-0.2, -0.15) is 0 Å². The molecule has 1 aromatic carbocycles. The van der Waals surface area contributed by atoms with Crippen LogP contribution in [-0.2, 0) is 11.3 Å². The molecule has 1 heterocycles. The first-order valence-corrected chi connectivity index (χ1v) is 7.04. The van der Waals surface area contributed by atoms with Crippen LogP contribution < -0.4 is 5.32 Å². The summed E-state index contributed by atoms with van der Waals surface area (Å²) in [5, 5.41) is 14.0. The molecule has 2 N–H and O–H groups in total. The minimum atomic E-state index is -1.12. The molecule has 0 atom stereocenters. The van der Waals surface area contributed by atoms with Crippen molar-refractivity contribution in [3.63, 3.8) is 0 Å². The second-order valence-electron chi connectivity index (χ2n) is 4.05. The number of rotatable bonds is 5. The summed E-state index contributed by atoms with van der Waals surface area (Å²) in [5.41, 5.74) is 0.534. The Hall–Kier alpha value is -1.96. The molecule has 2 aromatic rings. The largest absolute Gasteiger partial charge is 0.478 e. The highest BCUT2D eigenvalue weighted by molar-refractivity contribution is 7.09. The normalized spacial score (nSPS) is 10.4. The average Bonchev–Trinajstić information content (AvgIpc) is 2.87. The van der Waals surface area contributed by atoms with Gasteiger partial charge in [0.05, 0.1) is 12.2 Å². The van der Waals surface area contributed by atoms with Crippen molar-refractivity contribution in [2.45, 2.75) is 6.61 Å². The lowest BCUT2D eigenvalue weighted by molar-refractivity contribution is 0.0696. The van der Waals surface area contributed by atoms with E-state index < -0.39 is 11.9 Å². The number of aromatic nitrogens is 1. The molecule has 1 aromatic heterocycles. The van der Waals surface area contributed by atoms with Crippen LogP contribution in [0.1, 0.15) is 25.9 Å². The summed E-state index contributed by atoms with van der Waals surface area (Å²) in [4.78, 5) is 27.1. The lowest BCUT2D eigenvalue weighted by Gasteiger charge is -2.05. The van der Waals surface area contributed by atoms with Crippen molar-refractivity contribution < 1.29 is 19.4 Å². The summed E-state index contributed by atoms with van der Waals surface area (Å²) >= 11 is 7.13. The molecule has 0 aliphatic carbocycles. The molecule has 0 saturated carbocycles. The second-order valence-corrected chi connectivity index (χ2v) is 5.43. The zero-order valence-electron chi connectivity index (χ0n) is 10.9. The van der Waals surface area contributed by atoms with Crippen molar-refractivity contribution in [3.8, 4) is 0 Å². The molecular weight excluding hydrogens is 316 g/mol. The number of methoxy groups -OCH3 is 1. The van der Waals surface area contributed by atoms with Gasteiger partial charge in [-0.05, 0) is 18.2 Å². The van der Waals surface area contributed by atoms with Crippen LogP contribution in [0.5, 0.6) is 0 Å². The van der Waals surface area contributed by atoms with Gasteiger partial charge in [-0.15, -0.1) is 11.3 Å². The Morgan fingerprint density at radius 3 is 2.86 bits per heavy atom. The summed E-state index contributed by atoms with van der Waals surface area (Å²) in [5.74, 6) is -1.56. The number of carbonyl (C=O) groups is 2. The predicted molar refractivity (Wildman–Crippen MR) is 79.2 cm³/mol. The summed E-state index contributed by atoms with van der Waals surface area (Å²) in [6.07, 6.45) is 0. The highest BCUT2D eigenvalue weighted by Crippen LogP contribution is 2.20. The molecule has 2 rings (SSSR count). The van der Waals surface area contributed by atoms with Crippen LogP contribution in [-0.4, -0.2) is 29.1 Å². The standard InChI is InChI=1S/C13H11ClN2O4S/c1-20-5-11-16-10(6-21-11)12(17)15-9-3-7(13(18)19)2-8(14)4-9/h2-4,6H,5H2,1H3,(H,15,17)(H,18,19). The third kappa shape index (κ3) is 4.01. The Balaban J connectivity index is 2.16. The molecule has 0 bridgehead atoms. The van der Waals surface area contributed by atoms with E-state index in [4.69, 9.17) is 21.4 Å². The lowest BCUT2D eigenvalue weighted by atomic mass is 10.2. The number of benzene rings is 1. The van der Waals surface area contributed by atoms with Gasteiger partial charge in [-0.3, -0.25) is 4.79 Å². The maximum Gasteiger partial charge on any atom is 0.335 e. The minimum Gasteiger partial charge on any atom is -0.478 e. The number of nitrogens with zero attached hydrogens (tertiary/aromatic N) is 1. The van der Waals surface area contributed by atoms with Crippen LogP contribution in [0.2, 0.25) is 5.02 Å². The number of hydrogen-bond donors (Lipinski definition) is 2. The van der Waals surface area contributed by atoms with Crippen molar-refractivity contribution in [2.75, 3.05) is 12.4 Å². The maximum atomic E-state index is 12.0. The van der Waals surface area contributed by atoms with Crippen molar-refractivity contribution in [1.82, 2.24) is 4.98 Å². The number of carbonyl (C=O) groups excluding carboxylic acids is 1. The van der Waals surface area contributed by atoms with E-state index in [2.05, 4.69) is 10.3 Å². The Morgan fingerprint density at radius 1 is 1.43 bits per heavy atom. The highest BCUT2D eigenvalue weighted by Gasteiger charge is 2.13. The fraction of sp³-hybridized carbons (Fsp3) is 0.154. The van der Waals surface area contributed by atoms with Gasteiger partial charge in [-0.1, -0.05) is 11.6 Å². The molecule has 110 valence electrons. The van der Waals surface area contributed by atoms with Crippen molar-refractivity contribution in [1.29, 1.82) is 0 Å². The molecule has 0 fully saturated rings. The molecule has 21 heavy (non-hydrogen) atoms. The second kappa shape index (κ2) is 6.66. The summed E-state index contributed by atoms with van der Waals surface area (Å²) in [6, 6.07) is 4.10. The van der Waals surface area contributed by atoms with Gasteiger partial charge in [0, 0.05) is 23.2 Å². The van der Waals surface area contributed by atoms with Gasteiger partial charge in [0.15, 0.2) is 0 Å². The van der Waals surface area contributed by atoms with Gasteiger partial charge in [0.2, 0.25) is 0 Å². The average molecular weight is 327 g/mol. The summed E-state index contributed by atoms with van der Waals surface area (Å²) in [6.45, 7) is 0.332. The van der Waals surface area contributed by atoms with E-state index in [0.717, 1.165) is 0 Å². The molecule has 8 heteroatoms. The monoisotopic (exact) mass is 326 g/mol. The van der Waals surface area contributed by atoms with Crippen molar-refractivity contribution >= 4 is 40.5 Å². The highest BCUT2D eigenvalue weighted by atomic mass is 35.5. The number of halogens is 1. The minimum absolute atomic E-state index is 0.00356. The first-order chi connectivity index (χ1) is 9.99. The topological polar surface area (TPSA) is 88.5 Å².